The highest BCUT2D eigenvalue weighted by molar-refractivity contribution is 7.99. The number of hydrogen-bond donors (Lipinski definition) is 2. The van der Waals surface area contributed by atoms with Crippen LogP contribution in [0.5, 0.6) is 0 Å². The van der Waals surface area contributed by atoms with Gasteiger partial charge in [-0.3, -0.25) is 4.90 Å². The minimum absolute atomic E-state index is 0.408. The number of rotatable bonds is 2. The Morgan fingerprint density at radius 2 is 2.13 bits per heavy atom. The van der Waals surface area contributed by atoms with Crippen molar-refractivity contribution in [2.75, 3.05) is 31.1 Å². The molecule has 2 rings (SSSR count). The lowest BCUT2D eigenvalue weighted by atomic mass is 9.91. The second-order valence-electron chi connectivity index (χ2n) is 4.85. The molecule has 3 N–H and O–H groups in total. The summed E-state index contributed by atoms with van der Waals surface area (Å²) >= 11 is 2.05. The van der Waals surface area contributed by atoms with E-state index in [4.69, 9.17) is 5.73 Å². The molecule has 2 fully saturated rings. The molecule has 2 aliphatic heterocycles. The first kappa shape index (κ1) is 11.7. The van der Waals surface area contributed by atoms with E-state index in [-0.39, 0.29) is 0 Å². The maximum absolute atomic E-state index is 10.2. The molecule has 0 bridgehead atoms. The summed E-state index contributed by atoms with van der Waals surface area (Å²) in [4.78, 5) is 2.47. The fraction of sp³-hybridized carbons (Fsp3) is 1.00. The average Bonchev–Trinajstić information content (AvgIpc) is 2.30. The molecule has 0 aromatic heterocycles. The van der Waals surface area contributed by atoms with Gasteiger partial charge in [0.1, 0.15) is 0 Å². The summed E-state index contributed by atoms with van der Waals surface area (Å²) in [5.41, 5.74) is 5.04. The molecular weight excluding hydrogens is 208 g/mol. The lowest BCUT2D eigenvalue weighted by Gasteiger charge is -2.43. The first-order valence-corrected chi connectivity index (χ1v) is 7.13. The van der Waals surface area contributed by atoms with Gasteiger partial charge in [-0.1, -0.05) is 0 Å². The molecule has 0 aromatic carbocycles. The average molecular weight is 230 g/mol. The smallest absolute Gasteiger partial charge is 0.0896 e. The Balaban J connectivity index is 1.91. The second-order valence-corrected chi connectivity index (χ2v) is 6.07. The van der Waals surface area contributed by atoms with Crippen LogP contribution in [0.25, 0.3) is 0 Å². The second kappa shape index (κ2) is 5.04. The number of aliphatic hydroxyl groups is 1. The van der Waals surface area contributed by atoms with Crippen LogP contribution in [0, 0.1) is 0 Å². The SMILES string of the molecule is NCC1(O)CCCN(C2CCSCC2)C1. The summed E-state index contributed by atoms with van der Waals surface area (Å²) in [5, 5.41) is 10.2. The van der Waals surface area contributed by atoms with Crippen molar-refractivity contribution in [2.24, 2.45) is 5.73 Å². The van der Waals surface area contributed by atoms with E-state index in [0.717, 1.165) is 25.9 Å². The maximum atomic E-state index is 10.2. The summed E-state index contributed by atoms with van der Waals surface area (Å²) in [6.07, 6.45) is 4.54. The van der Waals surface area contributed by atoms with Gasteiger partial charge in [-0.05, 0) is 43.7 Å². The van der Waals surface area contributed by atoms with E-state index in [1.807, 2.05) is 0 Å². The molecule has 2 heterocycles. The predicted octanol–water partition coefficient (Wildman–Crippen LogP) is 0.668. The highest BCUT2D eigenvalue weighted by Gasteiger charge is 2.34. The van der Waals surface area contributed by atoms with Crippen molar-refractivity contribution in [1.82, 2.24) is 4.90 Å². The first-order chi connectivity index (χ1) is 7.23. The van der Waals surface area contributed by atoms with E-state index in [1.54, 1.807) is 0 Å². The third-order valence-corrected chi connectivity index (χ3v) is 4.72. The molecule has 0 spiro atoms. The largest absolute Gasteiger partial charge is 0.387 e. The van der Waals surface area contributed by atoms with Crippen LogP contribution < -0.4 is 5.73 Å². The van der Waals surface area contributed by atoms with Crippen LogP contribution in [0.4, 0.5) is 0 Å². The zero-order chi connectivity index (χ0) is 10.7. The summed E-state index contributed by atoms with van der Waals surface area (Å²) in [5.74, 6) is 2.56. The predicted molar refractivity (Wildman–Crippen MR) is 65.2 cm³/mol. The van der Waals surface area contributed by atoms with E-state index in [0.29, 0.717) is 12.6 Å². The van der Waals surface area contributed by atoms with Gasteiger partial charge < -0.3 is 10.8 Å². The van der Waals surface area contributed by atoms with Crippen molar-refractivity contribution < 1.29 is 5.11 Å². The number of piperidine rings is 1. The van der Waals surface area contributed by atoms with E-state index < -0.39 is 5.60 Å². The fourth-order valence-electron chi connectivity index (χ4n) is 2.68. The zero-order valence-electron chi connectivity index (χ0n) is 9.32. The van der Waals surface area contributed by atoms with Crippen LogP contribution in [-0.4, -0.2) is 52.8 Å². The number of likely N-dealkylation sites (tertiary alicyclic amines) is 1. The molecule has 0 aliphatic carbocycles. The van der Waals surface area contributed by atoms with Crippen molar-refractivity contribution in [3.05, 3.63) is 0 Å². The van der Waals surface area contributed by atoms with Crippen LogP contribution in [0.15, 0.2) is 0 Å². The molecule has 2 aliphatic rings. The first-order valence-electron chi connectivity index (χ1n) is 5.98. The molecule has 1 unspecified atom stereocenters. The molecule has 2 saturated heterocycles. The standard InChI is InChI=1S/C11H22N2OS/c12-8-11(14)4-1-5-13(9-11)10-2-6-15-7-3-10/h10,14H,1-9,12H2. The van der Waals surface area contributed by atoms with Crippen molar-refractivity contribution in [2.45, 2.75) is 37.3 Å². The quantitative estimate of drug-likeness (QED) is 0.732. The van der Waals surface area contributed by atoms with Crippen molar-refractivity contribution >= 4 is 11.8 Å². The molecule has 0 amide bonds. The van der Waals surface area contributed by atoms with Crippen molar-refractivity contribution in [3.63, 3.8) is 0 Å². The van der Waals surface area contributed by atoms with Gasteiger partial charge in [0.25, 0.3) is 0 Å². The Labute approximate surface area is 96.4 Å². The maximum Gasteiger partial charge on any atom is 0.0896 e. The van der Waals surface area contributed by atoms with Crippen LogP contribution in [0.3, 0.4) is 0 Å². The summed E-state index contributed by atoms with van der Waals surface area (Å²) in [6, 6.07) is 0.699. The lowest BCUT2D eigenvalue weighted by Crippen LogP contribution is -2.55. The molecule has 0 radical (unpaired) electrons. The normalized spacial score (nSPS) is 35.6. The van der Waals surface area contributed by atoms with E-state index >= 15 is 0 Å². The Bertz CT molecular complexity index is 209. The van der Waals surface area contributed by atoms with E-state index in [9.17, 15) is 5.11 Å². The van der Waals surface area contributed by atoms with Gasteiger partial charge in [0.2, 0.25) is 0 Å². The molecule has 1 atom stereocenters. The van der Waals surface area contributed by atoms with Crippen LogP contribution in [-0.2, 0) is 0 Å². The number of hydrogen-bond acceptors (Lipinski definition) is 4. The third-order valence-electron chi connectivity index (χ3n) is 3.67. The molecular formula is C11H22N2OS. The minimum Gasteiger partial charge on any atom is -0.387 e. The Morgan fingerprint density at radius 1 is 1.40 bits per heavy atom. The third kappa shape index (κ3) is 2.87. The van der Waals surface area contributed by atoms with Crippen LogP contribution in [0.2, 0.25) is 0 Å². The topological polar surface area (TPSA) is 49.5 Å². The van der Waals surface area contributed by atoms with Crippen LogP contribution >= 0.6 is 11.8 Å². The van der Waals surface area contributed by atoms with Gasteiger partial charge in [0.15, 0.2) is 0 Å². The highest BCUT2D eigenvalue weighted by atomic mass is 32.2. The molecule has 0 saturated carbocycles. The van der Waals surface area contributed by atoms with Gasteiger partial charge in [-0.2, -0.15) is 11.8 Å². The van der Waals surface area contributed by atoms with Gasteiger partial charge in [0, 0.05) is 19.1 Å². The molecule has 15 heavy (non-hydrogen) atoms. The summed E-state index contributed by atoms with van der Waals surface area (Å²) < 4.78 is 0. The lowest BCUT2D eigenvalue weighted by molar-refractivity contribution is -0.0379. The highest BCUT2D eigenvalue weighted by Crippen LogP contribution is 2.27. The van der Waals surface area contributed by atoms with Crippen molar-refractivity contribution in [3.8, 4) is 0 Å². The zero-order valence-corrected chi connectivity index (χ0v) is 10.1. The monoisotopic (exact) mass is 230 g/mol. The van der Waals surface area contributed by atoms with Crippen LogP contribution in [0.1, 0.15) is 25.7 Å². The molecule has 0 aromatic rings. The number of nitrogens with zero attached hydrogens (tertiary/aromatic N) is 1. The van der Waals surface area contributed by atoms with Gasteiger partial charge in [-0.25, -0.2) is 0 Å². The summed E-state index contributed by atoms with van der Waals surface area (Å²) in [6.45, 7) is 2.35. The van der Waals surface area contributed by atoms with Gasteiger partial charge >= 0.3 is 0 Å². The number of nitrogens with two attached hydrogens (primary N) is 1. The van der Waals surface area contributed by atoms with Gasteiger partial charge in [-0.15, -0.1) is 0 Å². The molecule has 4 heteroatoms. The van der Waals surface area contributed by atoms with E-state index in [1.165, 1.54) is 24.3 Å². The molecule has 3 nitrogen and oxygen atoms in total. The minimum atomic E-state index is -0.608. The fourth-order valence-corrected chi connectivity index (χ4v) is 3.76. The molecule has 88 valence electrons. The van der Waals surface area contributed by atoms with Crippen molar-refractivity contribution in [1.29, 1.82) is 0 Å². The Morgan fingerprint density at radius 3 is 2.80 bits per heavy atom. The number of thioether (sulfide) groups is 1. The number of β-amino-alcohol motifs (C(OH)–C–C–N with tert-alkyl or cyclic N) is 1. The Kier molecular flexibility index (Phi) is 3.93. The van der Waals surface area contributed by atoms with Gasteiger partial charge in [0.05, 0.1) is 5.60 Å². The summed E-state index contributed by atoms with van der Waals surface area (Å²) in [7, 11) is 0. The Hall–Kier alpha value is 0.230. The van der Waals surface area contributed by atoms with E-state index in [2.05, 4.69) is 16.7 Å².